The number of nitrogens with one attached hydrogen (secondary N) is 1. The lowest BCUT2D eigenvalue weighted by molar-refractivity contribution is -0.0253. The van der Waals surface area contributed by atoms with Crippen molar-refractivity contribution in [2.75, 3.05) is 0 Å². The Kier molecular flexibility index (Phi) is 7.74. The Bertz CT molecular complexity index is 848. The molecular weight excluding hydrogens is 370 g/mol. The molecule has 3 aromatic rings. The van der Waals surface area contributed by atoms with Gasteiger partial charge >= 0.3 is 0 Å². The van der Waals surface area contributed by atoms with Gasteiger partial charge in [-0.15, -0.1) is 0 Å². The lowest BCUT2D eigenvalue weighted by Gasteiger charge is -2.16. The van der Waals surface area contributed by atoms with E-state index in [0.29, 0.717) is 17.9 Å². The Labute approximate surface area is 170 Å². The molecule has 0 fully saturated rings. The van der Waals surface area contributed by atoms with Gasteiger partial charge in [-0.2, -0.15) is 0 Å². The van der Waals surface area contributed by atoms with Gasteiger partial charge in [0.1, 0.15) is 16.6 Å². The topological polar surface area (TPSA) is 71.0 Å². The Morgan fingerprint density at radius 2 is 1.96 bits per heavy atom. The molecule has 0 amide bonds. The van der Waals surface area contributed by atoms with Crippen LogP contribution in [0.1, 0.15) is 56.8 Å². The molecule has 0 saturated carbocycles. The summed E-state index contributed by atoms with van der Waals surface area (Å²) in [5, 5.41) is 11.1. The zero-order chi connectivity index (χ0) is 19.8. The first-order chi connectivity index (χ1) is 13.7. The van der Waals surface area contributed by atoms with Crippen molar-refractivity contribution in [2.24, 2.45) is 0 Å². The summed E-state index contributed by atoms with van der Waals surface area (Å²) in [6.07, 6.45) is 7.46. The molecule has 0 aliphatic heterocycles. The number of aliphatic hydroxyl groups excluding tert-OH is 1. The van der Waals surface area contributed by atoms with Crippen molar-refractivity contribution < 1.29 is 9.84 Å². The number of aromatic amines is 1. The average Bonchev–Trinajstić information content (AvgIpc) is 3.11. The molecule has 2 aromatic heterocycles. The number of aromatic nitrogens is 3. The quantitative estimate of drug-likeness (QED) is 0.249. The molecule has 2 N–H and O–H groups in total. The summed E-state index contributed by atoms with van der Waals surface area (Å²) in [6.45, 7) is 4.19. The van der Waals surface area contributed by atoms with Gasteiger partial charge in [0.05, 0.1) is 16.8 Å². The summed E-state index contributed by atoms with van der Waals surface area (Å²) in [7, 11) is 0. The van der Waals surface area contributed by atoms with Crippen molar-refractivity contribution in [1.29, 1.82) is 0 Å². The molecule has 0 bridgehead atoms. The number of ether oxygens (including phenoxy) is 1. The van der Waals surface area contributed by atoms with E-state index in [1.165, 1.54) is 19.3 Å². The number of nitrogens with zero attached hydrogens (tertiary/aromatic N) is 2. The van der Waals surface area contributed by atoms with Crippen molar-refractivity contribution in [3.63, 3.8) is 0 Å². The van der Waals surface area contributed by atoms with Crippen LogP contribution in [-0.2, 0) is 5.75 Å². The van der Waals surface area contributed by atoms with Crippen LogP contribution in [0.2, 0.25) is 0 Å². The maximum absolute atomic E-state index is 10.2. The number of para-hydroxylation sites is 2. The van der Waals surface area contributed by atoms with Gasteiger partial charge in [0.15, 0.2) is 6.29 Å². The molecule has 1 unspecified atom stereocenters. The molecule has 0 spiro atoms. The van der Waals surface area contributed by atoms with Crippen molar-refractivity contribution in [1.82, 2.24) is 15.0 Å². The molecule has 2 heterocycles. The van der Waals surface area contributed by atoms with Crippen LogP contribution in [-0.4, -0.2) is 26.3 Å². The van der Waals surface area contributed by atoms with Crippen LogP contribution in [0.15, 0.2) is 41.6 Å². The highest BCUT2D eigenvalue weighted by Crippen LogP contribution is 2.30. The first-order valence-corrected chi connectivity index (χ1v) is 11.0. The highest BCUT2D eigenvalue weighted by molar-refractivity contribution is 7.98. The van der Waals surface area contributed by atoms with E-state index in [0.717, 1.165) is 40.3 Å². The fourth-order valence-electron chi connectivity index (χ4n) is 3.11. The van der Waals surface area contributed by atoms with Crippen LogP contribution in [0.4, 0.5) is 0 Å². The third-order valence-corrected chi connectivity index (χ3v) is 5.81. The largest absolute Gasteiger partial charge is 0.465 e. The highest BCUT2D eigenvalue weighted by atomic mass is 32.2. The van der Waals surface area contributed by atoms with E-state index >= 15 is 0 Å². The number of hydrogen-bond acceptors (Lipinski definition) is 5. The molecule has 0 aliphatic rings. The molecule has 1 atom stereocenters. The standard InChI is InChI=1S/C22H29N3O2S/c1-3-4-5-6-7-12-21(26)27-19-13-14-23-22(16(19)2)28-15-20-24-17-10-8-9-11-18(17)25-20/h8-11,13-14,21,26H,3-7,12,15H2,1-2H3,(H,24,25). The molecule has 6 heteroatoms. The van der Waals surface area contributed by atoms with Crippen LogP contribution >= 0.6 is 11.8 Å². The van der Waals surface area contributed by atoms with Crippen molar-refractivity contribution in [3.8, 4) is 5.75 Å². The summed E-state index contributed by atoms with van der Waals surface area (Å²) < 4.78 is 5.77. The Hall–Kier alpha value is -2.05. The zero-order valence-electron chi connectivity index (χ0n) is 16.6. The van der Waals surface area contributed by atoms with Gasteiger partial charge in [-0.05, 0) is 31.5 Å². The van der Waals surface area contributed by atoms with Crippen LogP contribution in [0.5, 0.6) is 5.75 Å². The summed E-state index contributed by atoms with van der Waals surface area (Å²) in [5.74, 6) is 2.32. The Morgan fingerprint density at radius 1 is 1.14 bits per heavy atom. The zero-order valence-corrected chi connectivity index (χ0v) is 17.5. The third kappa shape index (κ3) is 5.72. The smallest absolute Gasteiger partial charge is 0.197 e. The second-order valence-corrected chi connectivity index (χ2v) is 7.97. The number of benzene rings is 1. The van der Waals surface area contributed by atoms with E-state index in [1.807, 2.05) is 37.3 Å². The van der Waals surface area contributed by atoms with Gasteiger partial charge in [-0.25, -0.2) is 9.97 Å². The van der Waals surface area contributed by atoms with Gasteiger partial charge in [0.2, 0.25) is 0 Å². The van der Waals surface area contributed by atoms with Crippen LogP contribution in [0, 0.1) is 6.92 Å². The predicted octanol–water partition coefficient (Wildman–Crippen LogP) is 5.62. The van der Waals surface area contributed by atoms with Crippen molar-refractivity contribution in [3.05, 3.63) is 47.9 Å². The number of thioether (sulfide) groups is 1. The molecule has 3 rings (SSSR count). The Morgan fingerprint density at radius 3 is 2.79 bits per heavy atom. The average molecular weight is 400 g/mol. The van der Waals surface area contributed by atoms with E-state index in [9.17, 15) is 5.11 Å². The van der Waals surface area contributed by atoms with Crippen LogP contribution < -0.4 is 4.74 Å². The highest BCUT2D eigenvalue weighted by Gasteiger charge is 2.12. The number of fused-ring (bicyclic) bond motifs is 1. The minimum Gasteiger partial charge on any atom is -0.465 e. The normalized spacial score (nSPS) is 12.4. The molecule has 0 aliphatic carbocycles. The first kappa shape index (κ1) is 20.7. The summed E-state index contributed by atoms with van der Waals surface area (Å²) in [6, 6.07) is 9.83. The van der Waals surface area contributed by atoms with Crippen LogP contribution in [0.25, 0.3) is 11.0 Å². The van der Waals surface area contributed by atoms with Gasteiger partial charge in [0, 0.05) is 18.2 Å². The molecule has 0 radical (unpaired) electrons. The SMILES string of the molecule is CCCCCCCC(O)Oc1ccnc(SCc2nc3ccccc3[nH]2)c1C. The second-order valence-electron chi connectivity index (χ2n) is 7.00. The van der Waals surface area contributed by atoms with Crippen molar-refractivity contribution in [2.45, 2.75) is 69.4 Å². The van der Waals surface area contributed by atoms with Crippen molar-refractivity contribution >= 4 is 22.8 Å². The van der Waals surface area contributed by atoms with Gasteiger partial charge in [0.25, 0.3) is 0 Å². The maximum Gasteiger partial charge on any atom is 0.197 e. The predicted molar refractivity (Wildman–Crippen MR) is 115 cm³/mol. The second kappa shape index (κ2) is 10.5. The van der Waals surface area contributed by atoms with E-state index in [2.05, 4.69) is 21.9 Å². The summed E-state index contributed by atoms with van der Waals surface area (Å²) in [5.41, 5.74) is 2.97. The first-order valence-electron chi connectivity index (χ1n) is 10.0. The number of rotatable bonds is 11. The number of pyridine rings is 1. The van der Waals surface area contributed by atoms with Gasteiger partial charge in [-0.3, -0.25) is 0 Å². The van der Waals surface area contributed by atoms with E-state index < -0.39 is 6.29 Å². The fraction of sp³-hybridized carbons (Fsp3) is 0.455. The Balaban J connectivity index is 1.54. The fourth-order valence-corrected chi connectivity index (χ4v) is 3.97. The molecule has 150 valence electrons. The molecular formula is C22H29N3O2S. The van der Waals surface area contributed by atoms with E-state index in [4.69, 9.17) is 4.74 Å². The number of aliphatic hydroxyl groups is 1. The number of unbranched alkanes of at least 4 members (excludes halogenated alkanes) is 4. The number of hydrogen-bond donors (Lipinski definition) is 2. The monoisotopic (exact) mass is 399 g/mol. The minimum atomic E-state index is -0.768. The van der Waals surface area contributed by atoms with E-state index in [1.54, 1.807) is 18.0 Å². The van der Waals surface area contributed by atoms with Crippen LogP contribution in [0.3, 0.4) is 0 Å². The summed E-state index contributed by atoms with van der Waals surface area (Å²) >= 11 is 1.62. The molecule has 1 aromatic carbocycles. The number of imidazole rings is 1. The lowest BCUT2D eigenvalue weighted by atomic mass is 10.1. The van der Waals surface area contributed by atoms with E-state index in [-0.39, 0.29) is 0 Å². The molecule has 5 nitrogen and oxygen atoms in total. The number of H-pyrrole nitrogens is 1. The lowest BCUT2D eigenvalue weighted by Crippen LogP contribution is -2.16. The van der Waals surface area contributed by atoms with Gasteiger partial charge < -0.3 is 14.8 Å². The summed E-state index contributed by atoms with van der Waals surface area (Å²) in [4.78, 5) is 12.4. The maximum atomic E-state index is 10.2. The third-order valence-electron chi connectivity index (χ3n) is 4.71. The molecule has 28 heavy (non-hydrogen) atoms. The van der Waals surface area contributed by atoms with Gasteiger partial charge in [-0.1, -0.05) is 56.5 Å². The minimum absolute atomic E-state index is 0.660. The molecule has 0 saturated heterocycles.